The fraction of sp³-hybridized carbons (Fsp3) is 0.364. The number of fused-ring (bicyclic) bond motifs is 10. The Morgan fingerprint density at radius 1 is 0.437 bits per heavy atom. The molecule has 4 unspecified atom stereocenters. The van der Waals surface area contributed by atoms with Crippen molar-refractivity contribution in [3.8, 4) is 0 Å². The molecule has 0 N–H and O–H groups in total. The largest absolute Gasteiger partial charge is 0.334 e. The smallest absolute Gasteiger partial charge is 0.252 e. The summed E-state index contributed by atoms with van der Waals surface area (Å²) in [7, 11) is 0. The van der Waals surface area contributed by atoms with Gasteiger partial charge in [0.15, 0.2) is 0 Å². The molecule has 4 aliphatic heterocycles. The van der Waals surface area contributed by atoms with Crippen LogP contribution in [0.5, 0.6) is 0 Å². The zero-order chi connectivity index (χ0) is 49.1. The molecule has 0 amide bonds. The molecule has 71 heavy (non-hydrogen) atoms. The molecule has 358 valence electrons. The van der Waals surface area contributed by atoms with Crippen molar-refractivity contribution in [1.82, 2.24) is 0 Å². The number of rotatable bonds is 4. The van der Waals surface area contributed by atoms with E-state index in [1.54, 1.807) is 0 Å². The van der Waals surface area contributed by atoms with Gasteiger partial charge in [-0.25, -0.2) is 0 Å². The summed E-state index contributed by atoms with van der Waals surface area (Å²) in [6.07, 6.45) is 9.73. The molecule has 7 aromatic carbocycles. The summed E-state index contributed by atoms with van der Waals surface area (Å²) in [5, 5.41) is 0. The Labute approximate surface area is 424 Å². The SMILES string of the molecule is Cc1cc(C)c2c(c1)C1(C)CCCCC1(C)N2c1ccc2c(c1)N(c1ccc(C(C)(C)C)cc1)c1cc(N3c4c(C)cc(C)cc4C4(C)CCCCC34C)cc3c1B2c1ccccc1N3c1ccccc1. The third kappa shape index (κ3) is 5.98. The van der Waals surface area contributed by atoms with Crippen LogP contribution in [0, 0.1) is 27.7 Å². The molecule has 2 aliphatic carbocycles. The van der Waals surface area contributed by atoms with E-state index >= 15 is 0 Å². The first-order chi connectivity index (χ1) is 34.0. The average molecular weight is 931 g/mol. The summed E-state index contributed by atoms with van der Waals surface area (Å²) >= 11 is 0. The minimum Gasteiger partial charge on any atom is -0.334 e. The molecule has 0 saturated heterocycles. The first-order valence-corrected chi connectivity index (χ1v) is 27.0. The maximum atomic E-state index is 2.84. The van der Waals surface area contributed by atoms with Crippen molar-refractivity contribution < 1.29 is 0 Å². The third-order valence-electron chi connectivity index (χ3n) is 19.5. The molecule has 4 heterocycles. The number of anilines is 10. The lowest BCUT2D eigenvalue weighted by atomic mass is 9.33. The van der Waals surface area contributed by atoms with E-state index in [2.05, 4.69) is 229 Å². The summed E-state index contributed by atoms with van der Waals surface area (Å²) in [4.78, 5) is 10.9. The summed E-state index contributed by atoms with van der Waals surface area (Å²) in [6, 6.07) is 52.8. The van der Waals surface area contributed by atoms with Crippen LogP contribution in [0.2, 0.25) is 0 Å². The van der Waals surface area contributed by atoms with Crippen LogP contribution in [-0.4, -0.2) is 17.8 Å². The van der Waals surface area contributed by atoms with Gasteiger partial charge >= 0.3 is 0 Å². The van der Waals surface area contributed by atoms with Crippen LogP contribution in [0.4, 0.5) is 56.9 Å². The molecule has 2 saturated carbocycles. The Kier molecular flexibility index (Phi) is 9.56. The van der Waals surface area contributed by atoms with Crippen molar-refractivity contribution in [2.24, 2.45) is 0 Å². The number of nitrogens with zero attached hydrogens (tertiary/aromatic N) is 4. The van der Waals surface area contributed by atoms with Gasteiger partial charge in [-0.2, -0.15) is 0 Å². The monoisotopic (exact) mass is 931 g/mol. The van der Waals surface area contributed by atoms with Crippen molar-refractivity contribution in [3.05, 3.63) is 172 Å². The van der Waals surface area contributed by atoms with Crippen molar-refractivity contribution in [2.45, 2.75) is 155 Å². The molecule has 4 nitrogen and oxygen atoms in total. The van der Waals surface area contributed by atoms with Gasteiger partial charge in [-0.05, 0) is 171 Å². The molecule has 0 bridgehead atoms. The van der Waals surface area contributed by atoms with Crippen molar-refractivity contribution in [3.63, 3.8) is 0 Å². The predicted molar refractivity (Wildman–Crippen MR) is 304 cm³/mol. The van der Waals surface area contributed by atoms with Gasteiger partial charge in [0, 0.05) is 67.7 Å². The minimum absolute atomic E-state index is 0.00907. The van der Waals surface area contributed by atoms with Gasteiger partial charge in [0.25, 0.3) is 6.71 Å². The van der Waals surface area contributed by atoms with E-state index in [4.69, 9.17) is 0 Å². The summed E-state index contributed by atoms with van der Waals surface area (Å²) in [5.41, 5.74) is 26.7. The molecular formula is C66H71BN4. The molecule has 7 aromatic rings. The van der Waals surface area contributed by atoms with Gasteiger partial charge in [-0.1, -0.05) is 150 Å². The second-order valence-electron chi connectivity index (χ2n) is 24.7. The predicted octanol–water partition coefficient (Wildman–Crippen LogP) is 15.8. The molecule has 0 aromatic heterocycles. The Morgan fingerprint density at radius 3 is 1.48 bits per heavy atom. The Balaban J connectivity index is 1.13. The molecule has 0 spiro atoms. The minimum atomic E-state index is -0.114. The van der Waals surface area contributed by atoms with E-state index < -0.39 is 0 Å². The van der Waals surface area contributed by atoms with Gasteiger partial charge in [0.1, 0.15) is 0 Å². The lowest BCUT2D eigenvalue weighted by molar-refractivity contribution is 0.195. The van der Waals surface area contributed by atoms with E-state index in [0.29, 0.717) is 0 Å². The van der Waals surface area contributed by atoms with Crippen molar-refractivity contribution >= 4 is 80.0 Å². The van der Waals surface area contributed by atoms with E-state index in [1.165, 1.54) is 157 Å². The van der Waals surface area contributed by atoms with Crippen LogP contribution in [0.25, 0.3) is 0 Å². The van der Waals surface area contributed by atoms with Gasteiger partial charge in [0.2, 0.25) is 0 Å². The van der Waals surface area contributed by atoms with Crippen LogP contribution < -0.4 is 36.0 Å². The maximum absolute atomic E-state index is 2.84. The number of benzene rings is 7. The Hall–Kier alpha value is -6.20. The first kappa shape index (κ1) is 44.7. The van der Waals surface area contributed by atoms with Crippen molar-refractivity contribution in [2.75, 3.05) is 19.6 Å². The molecule has 0 radical (unpaired) electrons. The highest BCUT2D eigenvalue weighted by Crippen LogP contribution is 2.64. The normalized spacial score (nSPS) is 24.7. The third-order valence-corrected chi connectivity index (χ3v) is 19.5. The standard InChI is InChI=1S/C66H71BN4/c1-42-35-44(3)60-51(37-42)63(8)31-17-19-33-65(63,10)70(60)49-29-30-54-56(39-49)69(48-27-25-46(26-28-48)62(5,6)7)58-41-50(71-61-45(4)36-43(2)38-52(61)64(9)32-18-20-34-66(64,71)11)40-57-59(58)67(54)53-23-15-16-24-55(53)68(57)47-21-13-12-14-22-47/h12-16,21-30,35-41H,17-20,31-34H2,1-11H3. The number of hydrogen-bond acceptors (Lipinski definition) is 4. The second kappa shape index (κ2) is 15.2. The quantitative estimate of drug-likeness (QED) is 0.163. The molecule has 4 atom stereocenters. The molecular weight excluding hydrogens is 860 g/mol. The highest BCUT2D eigenvalue weighted by atomic mass is 15.3. The Bertz CT molecular complexity index is 3350. The molecule has 13 rings (SSSR count). The van der Waals surface area contributed by atoms with E-state index in [-0.39, 0.29) is 34.0 Å². The van der Waals surface area contributed by atoms with Crippen LogP contribution in [0.15, 0.2) is 133 Å². The lowest BCUT2D eigenvalue weighted by Gasteiger charge is -2.51. The highest BCUT2D eigenvalue weighted by molar-refractivity contribution is 7.00. The fourth-order valence-electron chi connectivity index (χ4n) is 15.7. The van der Waals surface area contributed by atoms with Crippen molar-refractivity contribution in [1.29, 1.82) is 0 Å². The summed E-state index contributed by atoms with van der Waals surface area (Å²) < 4.78 is 0. The molecule has 2 fully saturated rings. The maximum Gasteiger partial charge on any atom is 0.252 e. The number of hydrogen-bond donors (Lipinski definition) is 0. The first-order valence-electron chi connectivity index (χ1n) is 27.0. The van der Waals surface area contributed by atoms with Crippen LogP contribution in [0.3, 0.4) is 0 Å². The molecule has 6 aliphatic rings. The van der Waals surface area contributed by atoms with Crippen LogP contribution >= 0.6 is 0 Å². The van der Waals surface area contributed by atoms with Crippen LogP contribution in [-0.2, 0) is 16.2 Å². The topological polar surface area (TPSA) is 13.0 Å². The molecule has 5 heteroatoms. The summed E-state index contributed by atoms with van der Waals surface area (Å²) in [6.45, 7) is 26.7. The van der Waals surface area contributed by atoms with E-state index in [9.17, 15) is 0 Å². The van der Waals surface area contributed by atoms with E-state index in [0.717, 1.165) is 6.42 Å². The highest BCUT2D eigenvalue weighted by Gasteiger charge is 2.60. The summed E-state index contributed by atoms with van der Waals surface area (Å²) in [5.74, 6) is 0. The zero-order valence-corrected chi connectivity index (χ0v) is 44.2. The van der Waals surface area contributed by atoms with Gasteiger partial charge in [-0.3, -0.25) is 0 Å². The van der Waals surface area contributed by atoms with Crippen LogP contribution in [0.1, 0.15) is 139 Å². The fourth-order valence-corrected chi connectivity index (χ4v) is 15.7. The lowest BCUT2D eigenvalue weighted by Crippen LogP contribution is -2.61. The average Bonchev–Trinajstić information content (AvgIpc) is 3.69. The number of para-hydroxylation sites is 2. The number of aryl methyl sites for hydroxylation is 4. The second-order valence-corrected chi connectivity index (χ2v) is 24.7. The van der Waals surface area contributed by atoms with Gasteiger partial charge < -0.3 is 19.6 Å². The van der Waals surface area contributed by atoms with Gasteiger partial charge in [-0.15, -0.1) is 0 Å². The zero-order valence-electron chi connectivity index (χ0n) is 44.2. The van der Waals surface area contributed by atoms with E-state index in [1.807, 2.05) is 0 Å². The Morgan fingerprint density at radius 2 is 0.901 bits per heavy atom. The van der Waals surface area contributed by atoms with Gasteiger partial charge in [0.05, 0.1) is 11.1 Å².